The van der Waals surface area contributed by atoms with Gasteiger partial charge in [0.25, 0.3) is 0 Å². The van der Waals surface area contributed by atoms with Gasteiger partial charge in [-0.1, -0.05) is 11.6 Å². The predicted molar refractivity (Wildman–Crippen MR) is 111 cm³/mol. The second kappa shape index (κ2) is 8.17. The molecule has 2 saturated heterocycles. The molecule has 7 heteroatoms. The van der Waals surface area contributed by atoms with Crippen molar-refractivity contribution < 1.29 is 9.13 Å². The number of hydrogen-bond donors (Lipinski definition) is 1. The van der Waals surface area contributed by atoms with Gasteiger partial charge < -0.3 is 10.1 Å². The number of hydrogen-bond acceptors (Lipinski definition) is 5. The van der Waals surface area contributed by atoms with Crippen molar-refractivity contribution in [3.63, 3.8) is 0 Å². The molecule has 2 aliphatic heterocycles. The molecule has 1 N–H and O–H groups in total. The quantitative estimate of drug-likeness (QED) is 0.807. The number of rotatable bonds is 4. The fourth-order valence-corrected chi connectivity index (χ4v) is 5.47. The van der Waals surface area contributed by atoms with Crippen LogP contribution in [0.1, 0.15) is 25.7 Å². The van der Waals surface area contributed by atoms with Crippen molar-refractivity contribution in [2.24, 2.45) is 11.8 Å². The van der Waals surface area contributed by atoms with E-state index in [1.165, 1.54) is 50.9 Å². The van der Waals surface area contributed by atoms with E-state index in [9.17, 15) is 4.39 Å². The first-order valence-electron chi connectivity index (χ1n) is 10.5. The zero-order valence-corrected chi connectivity index (χ0v) is 17.1. The minimum Gasteiger partial charge on any atom is -0.381 e. The SMILES string of the molecule is Fc1ccc(Cl)c(-c2ccc(NC3C[C@@H]4CN(C5CCOCC5)C[C@@H]4C3)nn2)c1. The Morgan fingerprint density at radius 2 is 1.79 bits per heavy atom. The van der Waals surface area contributed by atoms with Crippen molar-refractivity contribution in [1.82, 2.24) is 15.1 Å². The molecular weight excluding hydrogens is 391 g/mol. The van der Waals surface area contributed by atoms with Gasteiger partial charge in [-0.05, 0) is 67.9 Å². The number of fused-ring (bicyclic) bond motifs is 1. The molecule has 1 aromatic carbocycles. The Morgan fingerprint density at radius 3 is 2.48 bits per heavy atom. The molecule has 3 aliphatic rings. The molecule has 0 radical (unpaired) electrons. The molecule has 1 unspecified atom stereocenters. The van der Waals surface area contributed by atoms with E-state index in [-0.39, 0.29) is 5.82 Å². The molecular formula is C22H26ClFN4O. The van der Waals surface area contributed by atoms with Crippen LogP contribution in [0.3, 0.4) is 0 Å². The molecule has 5 rings (SSSR count). The topological polar surface area (TPSA) is 50.3 Å². The number of nitrogens with zero attached hydrogens (tertiary/aromatic N) is 3. The predicted octanol–water partition coefficient (Wildman–Crippen LogP) is 4.24. The summed E-state index contributed by atoms with van der Waals surface area (Å²) in [6, 6.07) is 9.19. The third-order valence-electron chi connectivity index (χ3n) is 6.71. The van der Waals surface area contributed by atoms with Gasteiger partial charge in [0.1, 0.15) is 11.6 Å². The standard InChI is InChI=1S/C22H26ClFN4O/c23-20-2-1-16(24)11-19(20)21-3-4-22(27-26-21)25-17-9-14-12-28(13-15(14)10-17)18-5-7-29-8-6-18/h1-4,11,14-15,17-18H,5-10,12-13H2,(H,25,27)/t14-,15+,17?. The Morgan fingerprint density at radius 1 is 1.03 bits per heavy atom. The number of aromatic nitrogens is 2. The average molecular weight is 417 g/mol. The van der Waals surface area contributed by atoms with Crippen LogP contribution < -0.4 is 5.32 Å². The monoisotopic (exact) mass is 416 g/mol. The highest BCUT2D eigenvalue weighted by Gasteiger charge is 2.42. The van der Waals surface area contributed by atoms with E-state index in [1.807, 2.05) is 12.1 Å². The molecule has 3 fully saturated rings. The summed E-state index contributed by atoms with van der Waals surface area (Å²) in [6.07, 6.45) is 4.73. The summed E-state index contributed by atoms with van der Waals surface area (Å²) in [7, 11) is 0. The Balaban J connectivity index is 1.18. The molecule has 29 heavy (non-hydrogen) atoms. The van der Waals surface area contributed by atoms with Crippen LogP contribution >= 0.6 is 11.6 Å². The van der Waals surface area contributed by atoms with Gasteiger partial charge in [-0.15, -0.1) is 10.2 Å². The summed E-state index contributed by atoms with van der Waals surface area (Å²) in [5, 5.41) is 12.6. The molecule has 1 aromatic heterocycles. The molecule has 3 atom stereocenters. The van der Waals surface area contributed by atoms with Gasteiger partial charge in [-0.3, -0.25) is 4.90 Å². The van der Waals surface area contributed by atoms with Gasteiger partial charge in [-0.2, -0.15) is 0 Å². The largest absolute Gasteiger partial charge is 0.381 e. The normalized spacial score (nSPS) is 27.9. The Hall–Kier alpha value is -1.76. The van der Waals surface area contributed by atoms with Crippen LogP contribution in [0.25, 0.3) is 11.3 Å². The molecule has 0 spiro atoms. The van der Waals surface area contributed by atoms with E-state index >= 15 is 0 Å². The fourth-order valence-electron chi connectivity index (χ4n) is 5.26. The second-order valence-corrected chi connectivity index (χ2v) is 8.97. The smallest absolute Gasteiger partial charge is 0.148 e. The third kappa shape index (κ3) is 4.11. The van der Waals surface area contributed by atoms with E-state index < -0.39 is 0 Å². The molecule has 1 saturated carbocycles. The maximum atomic E-state index is 13.5. The Kier molecular flexibility index (Phi) is 5.41. The number of likely N-dealkylation sites (tertiary alicyclic amines) is 1. The van der Waals surface area contributed by atoms with E-state index in [0.29, 0.717) is 28.4 Å². The number of nitrogens with one attached hydrogen (secondary N) is 1. The molecule has 0 bridgehead atoms. The summed E-state index contributed by atoms with van der Waals surface area (Å²) in [5.74, 6) is 1.98. The van der Waals surface area contributed by atoms with Gasteiger partial charge in [-0.25, -0.2) is 4.39 Å². The molecule has 0 amide bonds. The van der Waals surface area contributed by atoms with Crippen LogP contribution in [0.15, 0.2) is 30.3 Å². The molecule has 5 nitrogen and oxygen atoms in total. The lowest BCUT2D eigenvalue weighted by molar-refractivity contribution is 0.0396. The van der Waals surface area contributed by atoms with Crippen molar-refractivity contribution in [3.05, 3.63) is 41.2 Å². The van der Waals surface area contributed by atoms with Crippen LogP contribution in [-0.4, -0.2) is 53.5 Å². The van der Waals surface area contributed by atoms with E-state index in [1.54, 1.807) is 6.07 Å². The van der Waals surface area contributed by atoms with E-state index in [4.69, 9.17) is 16.3 Å². The lowest BCUT2D eigenvalue weighted by Gasteiger charge is -2.32. The van der Waals surface area contributed by atoms with Gasteiger partial charge in [0.2, 0.25) is 0 Å². The molecule has 2 aromatic rings. The zero-order chi connectivity index (χ0) is 19.8. The zero-order valence-electron chi connectivity index (χ0n) is 16.4. The van der Waals surface area contributed by atoms with Gasteiger partial charge in [0.05, 0.1) is 10.7 Å². The highest BCUT2D eigenvalue weighted by molar-refractivity contribution is 6.33. The summed E-state index contributed by atoms with van der Waals surface area (Å²) >= 11 is 6.17. The first kappa shape index (κ1) is 19.2. The summed E-state index contributed by atoms with van der Waals surface area (Å²) in [4.78, 5) is 2.70. The van der Waals surface area contributed by atoms with Crippen molar-refractivity contribution in [3.8, 4) is 11.3 Å². The number of ether oxygens (including phenoxy) is 1. The first-order valence-corrected chi connectivity index (χ1v) is 10.9. The van der Waals surface area contributed by atoms with Crippen molar-refractivity contribution in [1.29, 1.82) is 0 Å². The molecule has 3 heterocycles. The van der Waals surface area contributed by atoms with E-state index in [2.05, 4.69) is 20.4 Å². The van der Waals surface area contributed by atoms with Crippen LogP contribution in [0, 0.1) is 17.7 Å². The summed E-state index contributed by atoms with van der Waals surface area (Å²) in [5.41, 5.74) is 1.14. The summed E-state index contributed by atoms with van der Waals surface area (Å²) < 4.78 is 19.0. The van der Waals surface area contributed by atoms with Crippen LogP contribution in [0.4, 0.5) is 10.2 Å². The lowest BCUT2D eigenvalue weighted by atomic mass is 10.0. The third-order valence-corrected chi connectivity index (χ3v) is 7.04. The highest BCUT2D eigenvalue weighted by atomic mass is 35.5. The first-order chi connectivity index (χ1) is 14.2. The fraction of sp³-hybridized carbons (Fsp3) is 0.545. The molecule has 1 aliphatic carbocycles. The number of halogens is 2. The van der Waals surface area contributed by atoms with Crippen molar-refractivity contribution in [2.75, 3.05) is 31.6 Å². The average Bonchev–Trinajstić information content (AvgIpc) is 3.30. The maximum absolute atomic E-state index is 13.5. The second-order valence-electron chi connectivity index (χ2n) is 8.56. The van der Waals surface area contributed by atoms with Gasteiger partial charge in [0, 0.05) is 44.0 Å². The Labute approximate surface area is 175 Å². The van der Waals surface area contributed by atoms with Crippen LogP contribution in [-0.2, 0) is 4.74 Å². The highest BCUT2D eigenvalue weighted by Crippen LogP contribution is 2.40. The lowest BCUT2D eigenvalue weighted by Crippen LogP contribution is -2.39. The van der Waals surface area contributed by atoms with Crippen molar-refractivity contribution >= 4 is 17.4 Å². The molecule has 154 valence electrons. The number of anilines is 1. The van der Waals surface area contributed by atoms with Crippen LogP contribution in [0.5, 0.6) is 0 Å². The number of benzene rings is 1. The van der Waals surface area contributed by atoms with E-state index in [0.717, 1.165) is 30.9 Å². The maximum Gasteiger partial charge on any atom is 0.148 e. The van der Waals surface area contributed by atoms with Crippen LogP contribution in [0.2, 0.25) is 5.02 Å². The Bertz CT molecular complexity index is 844. The van der Waals surface area contributed by atoms with Crippen molar-refractivity contribution in [2.45, 2.75) is 37.8 Å². The minimum absolute atomic E-state index is 0.333. The minimum atomic E-state index is -0.333. The van der Waals surface area contributed by atoms with Gasteiger partial charge >= 0.3 is 0 Å². The summed E-state index contributed by atoms with van der Waals surface area (Å²) in [6.45, 7) is 4.26. The van der Waals surface area contributed by atoms with Gasteiger partial charge in [0.15, 0.2) is 0 Å².